The molecular formula is C13H23N3O. The van der Waals surface area contributed by atoms with Gasteiger partial charge in [-0.3, -0.25) is 4.79 Å². The first-order valence-corrected chi connectivity index (χ1v) is 6.22. The van der Waals surface area contributed by atoms with Crippen molar-refractivity contribution >= 4 is 11.6 Å². The molecule has 0 aliphatic rings. The number of hydrogen-bond acceptors (Lipinski definition) is 2. The molecule has 3 N–H and O–H groups in total. The fourth-order valence-corrected chi connectivity index (χ4v) is 2.21. The second-order valence-corrected chi connectivity index (χ2v) is 4.61. The number of amides is 1. The Kier molecular flexibility index (Phi) is 4.61. The molecule has 1 aromatic heterocycles. The molecule has 0 saturated heterocycles. The van der Waals surface area contributed by atoms with Crippen LogP contribution in [0, 0.1) is 5.92 Å². The monoisotopic (exact) mass is 237 g/mol. The number of nitrogens with one attached hydrogen (secondary N) is 1. The van der Waals surface area contributed by atoms with Gasteiger partial charge in [0.1, 0.15) is 5.69 Å². The van der Waals surface area contributed by atoms with E-state index in [1.165, 1.54) is 0 Å². The van der Waals surface area contributed by atoms with E-state index < -0.39 is 0 Å². The van der Waals surface area contributed by atoms with Crippen molar-refractivity contribution in [1.82, 2.24) is 9.88 Å². The Morgan fingerprint density at radius 3 is 2.47 bits per heavy atom. The molecule has 0 saturated carbocycles. The second kappa shape index (κ2) is 5.75. The van der Waals surface area contributed by atoms with Gasteiger partial charge in [-0.25, -0.2) is 0 Å². The lowest BCUT2D eigenvalue weighted by atomic mass is 9.95. The van der Waals surface area contributed by atoms with Crippen molar-refractivity contribution in [2.75, 3.05) is 5.73 Å². The summed E-state index contributed by atoms with van der Waals surface area (Å²) in [6.45, 7) is 6.36. The Labute approximate surface area is 103 Å². The Bertz CT molecular complexity index is 380. The third-order valence-corrected chi connectivity index (χ3v) is 3.37. The number of aryl methyl sites for hydroxylation is 1. The quantitative estimate of drug-likeness (QED) is 0.824. The number of anilines is 1. The zero-order valence-electron chi connectivity index (χ0n) is 11.2. The summed E-state index contributed by atoms with van der Waals surface area (Å²) in [4.78, 5) is 12.0. The Hall–Kier alpha value is -1.45. The van der Waals surface area contributed by atoms with Crippen LogP contribution in [0.15, 0.2) is 12.3 Å². The lowest BCUT2D eigenvalue weighted by Gasteiger charge is -2.22. The van der Waals surface area contributed by atoms with Gasteiger partial charge in [-0.2, -0.15) is 0 Å². The lowest BCUT2D eigenvalue weighted by Crippen LogP contribution is -2.38. The van der Waals surface area contributed by atoms with Crippen LogP contribution in [0.4, 0.5) is 5.69 Å². The van der Waals surface area contributed by atoms with Gasteiger partial charge in [0, 0.05) is 19.3 Å². The zero-order chi connectivity index (χ0) is 13.0. The van der Waals surface area contributed by atoms with Gasteiger partial charge in [-0.1, -0.05) is 26.7 Å². The number of carbonyl (C=O) groups excluding carboxylic acids is 1. The predicted molar refractivity (Wildman–Crippen MR) is 70.8 cm³/mol. The maximum atomic E-state index is 12.0. The molecule has 17 heavy (non-hydrogen) atoms. The maximum absolute atomic E-state index is 12.0. The molecule has 0 aliphatic carbocycles. The minimum Gasteiger partial charge on any atom is -0.397 e. The van der Waals surface area contributed by atoms with Gasteiger partial charge in [-0.05, 0) is 18.9 Å². The van der Waals surface area contributed by atoms with E-state index in [9.17, 15) is 4.79 Å². The summed E-state index contributed by atoms with van der Waals surface area (Å²) in [6.07, 6.45) is 3.90. The Morgan fingerprint density at radius 1 is 1.47 bits per heavy atom. The first kappa shape index (κ1) is 13.6. The van der Waals surface area contributed by atoms with Crippen LogP contribution in [0.1, 0.15) is 44.1 Å². The van der Waals surface area contributed by atoms with Crippen molar-refractivity contribution in [3.05, 3.63) is 18.0 Å². The Morgan fingerprint density at radius 2 is 2.06 bits per heavy atom. The predicted octanol–water partition coefficient (Wildman–Crippen LogP) is 2.16. The van der Waals surface area contributed by atoms with E-state index in [0.717, 1.165) is 12.8 Å². The molecule has 0 aromatic carbocycles. The first-order valence-electron chi connectivity index (χ1n) is 6.22. The van der Waals surface area contributed by atoms with Crippen LogP contribution in [0.5, 0.6) is 0 Å². The zero-order valence-corrected chi connectivity index (χ0v) is 11.2. The average Bonchev–Trinajstić information content (AvgIpc) is 2.59. The molecular weight excluding hydrogens is 214 g/mol. The van der Waals surface area contributed by atoms with Crippen molar-refractivity contribution in [1.29, 1.82) is 0 Å². The van der Waals surface area contributed by atoms with Gasteiger partial charge in [0.05, 0.1) is 5.69 Å². The highest BCUT2D eigenvalue weighted by molar-refractivity contribution is 5.93. The molecule has 1 unspecified atom stereocenters. The molecule has 0 fully saturated rings. The molecule has 0 radical (unpaired) electrons. The number of nitrogens with two attached hydrogens (primary N) is 1. The largest absolute Gasteiger partial charge is 0.397 e. The smallest absolute Gasteiger partial charge is 0.268 e. The third-order valence-electron chi connectivity index (χ3n) is 3.37. The average molecular weight is 237 g/mol. The number of carbonyl (C=O) groups is 1. The molecule has 0 spiro atoms. The standard InChI is InChI=1S/C13H23N3O/c1-5-10(6-2)9(3)15-13(17)12-7-11(14)8-16(12)4/h7-10H,5-6,14H2,1-4H3,(H,15,17). The molecule has 96 valence electrons. The molecule has 0 aliphatic heterocycles. The minimum absolute atomic E-state index is 0.0522. The number of rotatable bonds is 5. The number of hydrogen-bond donors (Lipinski definition) is 2. The van der Waals surface area contributed by atoms with E-state index in [-0.39, 0.29) is 11.9 Å². The summed E-state index contributed by atoms with van der Waals surface area (Å²) in [7, 11) is 1.83. The van der Waals surface area contributed by atoms with Gasteiger partial charge < -0.3 is 15.6 Å². The van der Waals surface area contributed by atoms with Crippen molar-refractivity contribution in [2.24, 2.45) is 13.0 Å². The molecule has 1 rings (SSSR count). The highest BCUT2D eigenvalue weighted by Gasteiger charge is 2.18. The molecule has 4 heteroatoms. The topological polar surface area (TPSA) is 60.1 Å². The van der Waals surface area contributed by atoms with Crippen LogP contribution in [-0.4, -0.2) is 16.5 Å². The van der Waals surface area contributed by atoms with Gasteiger partial charge >= 0.3 is 0 Å². The summed E-state index contributed by atoms with van der Waals surface area (Å²) in [5, 5.41) is 3.04. The molecule has 1 amide bonds. The van der Waals surface area contributed by atoms with Crippen LogP contribution >= 0.6 is 0 Å². The highest BCUT2D eigenvalue weighted by atomic mass is 16.2. The third kappa shape index (κ3) is 3.25. The summed E-state index contributed by atoms with van der Waals surface area (Å²) in [5.41, 5.74) is 6.89. The normalized spacial score (nSPS) is 12.8. The summed E-state index contributed by atoms with van der Waals surface area (Å²) >= 11 is 0. The minimum atomic E-state index is -0.0522. The summed E-state index contributed by atoms with van der Waals surface area (Å²) < 4.78 is 1.75. The Balaban J connectivity index is 2.69. The number of nitrogen functional groups attached to an aromatic ring is 1. The SMILES string of the molecule is CCC(CC)C(C)NC(=O)c1cc(N)cn1C. The fraction of sp³-hybridized carbons (Fsp3) is 0.615. The highest BCUT2D eigenvalue weighted by Crippen LogP contribution is 2.14. The van der Waals surface area contributed by atoms with E-state index >= 15 is 0 Å². The van der Waals surface area contributed by atoms with Crippen molar-refractivity contribution in [2.45, 2.75) is 39.7 Å². The van der Waals surface area contributed by atoms with E-state index in [4.69, 9.17) is 5.73 Å². The van der Waals surface area contributed by atoms with Gasteiger partial charge in [0.15, 0.2) is 0 Å². The van der Waals surface area contributed by atoms with Crippen LogP contribution in [0.25, 0.3) is 0 Å². The number of aromatic nitrogens is 1. The number of nitrogens with zero attached hydrogens (tertiary/aromatic N) is 1. The summed E-state index contributed by atoms with van der Waals surface area (Å²) in [6, 6.07) is 1.89. The van der Waals surface area contributed by atoms with Crippen molar-refractivity contribution < 1.29 is 4.79 Å². The van der Waals surface area contributed by atoms with E-state index in [1.54, 1.807) is 16.8 Å². The van der Waals surface area contributed by atoms with E-state index in [0.29, 0.717) is 17.3 Å². The molecule has 1 aromatic rings. The van der Waals surface area contributed by atoms with Gasteiger partial charge in [0.25, 0.3) is 5.91 Å². The van der Waals surface area contributed by atoms with Crippen LogP contribution in [0.3, 0.4) is 0 Å². The second-order valence-electron chi connectivity index (χ2n) is 4.61. The van der Waals surface area contributed by atoms with E-state index in [2.05, 4.69) is 26.1 Å². The van der Waals surface area contributed by atoms with Crippen LogP contribution in [-0.2, 0) is 7.05 Å². The van der Waals surface area contributed by atoms with E-state index in [1.807, 2.05) is 7.05 Å². The molecule has 1 heterocycles. The lowest BCUT2D eigenvalue weighted by molar-refractivity contribution is 0.0917. The molecule has 4 nitrogen and oxygen atoms in total. The fourth-order valence-electron chi connectivity index (χ4n) is 2.21. The van der Waals surface area contributed by atoms with Gasteiger partial charge in [0.2, 0.25) is 0 Å². The van der Waals surface area contributed by atoms with Gasteiger partial charge in [-0.15, -0.1) is 0 Å². The van der Waals surface area contributed by atoms with Crippen molar-refractivity contribution in [3.63, 3.8) is 0 Å². The van der Waals surface area contributed by atoms with Crippen molar-refractivity contribution in [3.8, 4) is 0 Å². The van der Waals surface area contributed by atoms with Crippen LogP contribution in [0.2, 0.25) is 0 Å². The molecule has 1 atom stereocenters. The molecule has 0 bridgehead atoms. The summed E-state index contributed by atoms with van der Waals surface area (Å²) in [5.74, 6) is 0.472. The van der Waals surface area contributed by atoms with Crippen LogP contribution < -0.4 is 11.1 Å². The maximum Gasteiger partial charge on any atom is 0.268 e. The first-order chi connectivity index (χ1) is 7.99.